The van der Waals surface area contributed by atoms with Gasteiger partial charge in [-0.1, -0.05) is 0 Å². The van der Waals surface area contributed by atoms with Gasteiger partial charge in [-0.3, -0.25) is 4.79 Å². The second-order valence-electron chi connectivity index (χ2n) is 5.84. The molecule has 0 aliphatic carbocycles. The summed E-state index contributed by atoms with van der Waals surface area (Å²) >= 11 is 0. The summed E-state index contributed by atoms with van der Waals surface area (Å²) in [6.45, 7) is 2.15. The zero-order valence-corrected chi connectivity index (χ0v) is 16.9. The number of carbonyl (C=O) groups excluding carboxylic acids is 2. The monoisotopic (exact) mass is 403 g/mol. The quantitative estimate of drug-likeness (QED) is 0.610. The van der Waals surface area contributed by atoms with Gasteiger partial charge < -0.3 is 29.0 Å². The van der Waals surface area contributed by atoms with E-state index in [1.807, 2.05) is 0 Å². The molecule has 1 amide bonds. The van der Waals surface area contributed by atoms with Gasteiger partial charge in [0.05, 0.1) is 33.5 Å². The van der Waals surface area contributed by atoms with Gasteiger partial charge in [-0.2, -0.15) is 0 Å². The lowest BCUT2D eigenvalue weighted by Crippen LogP contribution is -2.28. The van der Waals surface area contributed by atoms with Crippen molar-refractivity contribution >= 4 is 11.9 Å². The normalized spacial score (nSPS) is 10.1. The largest absolute Gasteiger partial charge is 0.493 e. The van der Waals surface area contributed by atoms with Gasteiger partial charge in [0.1, 0.15) is 5.75 Å². The van der Waals surface area contributed by atoms with Gasteiger partial charge in [0.15, 0.2) is 18.1 Å². The molecule has 0 radical (unpaired) electrons. The van der Waals surface area contributed by atoms with E-state index < -0.39 is 5.97 Å². The van der Waals surface area contributed by atoms with Crippen molar-refractivity contribution in [1.29, 1.82) is 0 Å². The number of benzene rings is 2. The minimum absolute atomic E-state index is 0.164. The molecule has 0 aromatic heterocycles. The van der Waals surface area contributed by atoms with E-state index in [1.165, 1.54) is 21.3 Å². The average Bonchev–Trinajstić information content (AvgIpc) is 2.75. The molecule has 2 aromatic rings. The second-order valence-corrected chi connectivity index (χ2v) is 5.84. The van der Waals surface area contributed by atoms with Gasteiger partial charge in [0.25, 0.3) is 5.91 Å². The first-order chi connectivity index (χ1) is 14.0. The van der Waals surface area contributed by atoms with Gasteiger partial charge in [-0.15, -0.1) is 0 Å². The van der Waals surface area contributed by atoms with E-state index in [4.69, 9.17) is 23.7 Å². The van der Waals surface area contributed by atoms with Crippen molar-refractivity contribution in [3.05, 3.63) is 47.5 Å². The Labute approximate surface area is 169 Å². The number of rotatable bonds is 10. The molecular weight excluding hydrogens is 378 g/mol. The number of nitrogens with one attached hydrogen (secondary N) is 1. The molecule has 0 bridgehead atoms. The van der Waals surface area contributed by atoms with E-state index in [2.05, 4.69) is 5.32 Å². The first-order valence-electron chi connectivity index (χ1n) is 8.97. The topological polar surface area (TPSA) is 92.3 Å². The molecule has 8 nitrogen and oxygen atoms in total. The van der Waals surface area contributed by atoms with Crippen LogP contribution in [0.4, 0.5) is 0 Å². The minimum Gasteiger partial charge on any atom is -0.493 e. The number of hydrogen-bond donors (Lipinski definition) is 1. The Morgan fingerprint density at radius 1 is 0.931 bits per heavy atom. The lowest BCUT2D eigenvalue weighted by atomic mass is 10.1. The molecule has 1 N–H and O–H groups in total. The van der Waals surface area contributed by atoms with Crippen molar-refractivity contribution in [2.24, 2.45) is 0 Å². The number of amides is 1. The van der Waals surface area contributed by atoms with Gasteiger partial charge in [0, 0.05) is 6.54 Å². The molecule has 0 atom stereocenters. The van der Waals surface area contributed by atoms with Crippen molar-refractivity contribution in [3.8, 4) is 23.0 Å². The third-order valence-electron chi connectivity index (χ3n) is 3.95. The molecule has 0 saturated carbocycles. The summed E-state index contributed by atoms with van der Waals surface area (Å²) in [4.78, 5) is 23.7. The first-order valence-corrected chi connectivity index (χ1v) is 8.97. The molecule has 0 unspecified atom stereocenters. The molecule has 2 aromatic carbocycles. The Morgan fingerprint density at radius 2 is 1.55 bits per heavy atom. The van der Waals surface area contributed by atoms with E-state index in [-0.39, 0.29) is 19.1 Å². The Balaban J connectivity index is 1.89. The summed E-state index contributed by atoms with van der Waals surface area (Å²) in [7, 11) is 4.58. The molecule has 8 heteroatoms. The van der Waals surface area contributed by atoms with Crippen LogP contribution >= 0.6 is 0 Å². The van der Waals surface area contributed by atoms with Crippen LogP contribution in [0.15, 0.2) is 36.4 Å². The molecule has 156 valence electrons. The lowest BCUT2D eigenvalue weighted by molar-refractivity contribution is -0.123. The first kappa shape index (κ1) is 21.9. The SMILES string of the molecule is CCOC(=O)c1ccc(OCC(=O)NCc2cc(OC)c(OC)c(OC)c2)cc1. The summed E-state index contributed by atoms with van der Waals surface area (Å²) in [6.07, 6.45) is 0. The number of esters is 1. The Morgan fingerprint density at radius 3 is 2.07 bits per heavy atom. The van der Waals surface area contributed by atoms with Gasteiger partial charge in [-0.25, -0.2) is 4.79 Å². The third kappa shape index (κ3) is 6.03. The zero-order chi connectivity index (χ0) is 21.2. The maximum absolute atomic E-state index is 12.1. The summed E-state index contributed by atoms with van der Waals surface area (Å²) in [5, 5.41) is 2.77. The minimum atomic E-state index is -0.401. The Kier molecular flexibility index (Phi) is 8.14. The van der Waals surface area contributed by atoms with Crippen LogP contribution in [-0.4, -0.2) is 46.4 Å². The molecule has 29 heavy (non-hydrogen) atoms. The van der Waals surface area contributed by atoms with Crippen molar-refractivity contribution in [2.45, 2.75) is 13.5 Å². The standard InChI is InChI=1S/C21H25NO7/c1-5-28-21(24)15-6-8-16(9-7-15)29-13-19(23)22-12-14-10-17(25-2)20(27-4)18(11-14)26-3/h6-11H,5,12-13H2,1-4H3,(H,22,23). The predicted molar refractivity (Wildman–Crippen MR) is 106 cm³/mol. The molecule has 0 spiro atoms. The second kappa shape index (κ2) is 10.8. The molecule has 0 saturated heterocycles. The van der Waals surface area contributed by atoms with Gasteiger partial charge in [0.2, 0.25) is 5.75 Å². The molecule has 0 heterocycles. The highest BCUT2D eigenvalue weighted by molar-refractivity contribution is 5.89. The van der Waals surface area contributed by atoms with Crippen LogP contribution in [0.25, 0.3) is 0 Å². The molecule has 2 rings (SSSR count). The summed E-state index contributed by atoms with van der Waals surface area (Å²) < 4.78 is 26.2. The summed E-state index contributed by atoms with van der Waals surface area (Å²) in [5.74, 6) is 1.28. The van der Waals surface area contributed by atoms with Gasteiger partial charge >= 0.3 is 5.97 Å². The van der Waals surface area contributed by atoms with Crippen LogP contribution < -0.4 is 24.3 Å². The van der Waals surface area contributed by atoms with Crippen molar-refractivity contribution < 1.29 is 33.3 Å². The number of ether oxygens (including phenoxy) is 5. The zero-order valence-electron chi connectivity index (χ0n) is 16.9. The molecule has 0 aliphatic heterocycles. The highest BCUT2D eigenvalue weighted by atomic mass is 16.5. The highest BCUT2D eigenvalue weighted by Crippen LogP contribution is 2.38. The van der Waals surface area contributed by atoms with Crippen LogP contribution in [-0.2, 0) is 16.1 Å². The number of carbonyl (C=O) groups is 2. The number of hydrogen-bond acceptors (Lipinski definition) is 7. The van der Waals surface area contributed by atoms with E-state index in [0.717, 1.165) is 5.56 Å². The maximum Gasteiger partial charge on any atom is 0.338 e. The Hall–Kier alpha value is -3.42. The van der Waals surface area contributed by atoms with Crippen LogP contribution in [0.5, 0.6) is 23.0 Å². The summed E-state index contributed by atoms with van der Waals surface area (Å²) in [5.41, 5.74) is 1.21. The molecule has 0 fully saturated rings. The predicted octanol–water partition coefficient (Wildman–Crippen LogP) is 2.58. The van der Waals surface area contributed by atoms with E-state index in [0.29, 0.717) is 35.2 Å². The van der Waals surface area contributed by atoms with Crippen molar-refractivity contribution in [1.82, 2.24) is 5.32 Å². The van der Waals surface area contributed by atoms with Crippen molar-refractivity contribution in [2.75, 3.05) is 34.5 Å². The fraction of sp³-hybridized carbons (Fsp3) is 0.333. The van der Waals surface area contributed by atoms with E-state index >= 15 is 0 Å². The van der Waals surface area contributed by atoms with E-state index in [1.54, 1.807) is 43.3 Å². The average molecular weight is 403 g/mol. The fourth-order valence-electron chi connectivity index (χ4n) is 2.54. The van der Waals surface area contributed by atoms with Crippen LogP contribution in [0.1, 0.15) is 22.8 Å². The van der Waals surface area contributed by atoms with Crippen LogP contribution in [0, 0.1) is 0 Å². The molecule has 0 aliphatic rings. The summed E-state index contributed by atoms with van der Waals surface area (Å²) in [6, 6.07) is 9.91. The van der Waals surface area contributed by atoms with Crippen LogP contribution in [0.2, 0.25) is 0 Å². The third-order valence-corrected chi connectivity index (χ3v) is 3.95. The van der Waals surface area contributed by atoms with E-state index in [9.17, 15) is 9.59 Å². The fourth-order valence-corrected chi connectivity index (χ4v) is 2.54. The smallest absolute Gasteiger partial charge is 0.338 e. The molecular formula is C21H25NO7. The van der Waals surface area contributed by atoms with Gasteiger partial charge in [-0.05, 0) is 48.9 Å². The number of methoxy groups -OCH3 is 3. The highest BCUT2D eigenvalue weighted by Gasteiger charge is 2.14. The van der Waals surface area contributed by atoms with Crippen molar-refractivity contribution in [3.63, 3.8) is 0 Å². The Bertz CT molecular complexity index is 808. The van der Waals surface area contributed by atoms with Crippen LogP contribution in [0.3, 0.4) is 0 Å². The maximum atomic E-state index is 12.1. The lowest BCUT2D eigenvalue weighted by Gasteiger charge is -2.14.